The van der Waals surface area contributed by atoms with E-state index in [9.17, 15) is 14.0 Å². The summed E-state index contributed by atoms with van der Waals surface area (Å²) in [5.74, 6) is 0.0357. The van der Waals surface area contributed by atoms with Crippen LogP contribution in [-0.2, 0) is 6.42 Å². The number of likely N-dealkylation sites (tertiary alicyclic amines) is 1. The van der Waals surface area contributed by atoms with Crippen molar-refractivity contribution in [2.24, 2.45) is 5.92 Å². The van der Waals surface area contributed by atoms with Gasteiger partial charge >= 0.3 is 0 Å². The number of piperidine rings is 1. The van der Waals surface area contributed by atoms with Gasteiger partial charge in [-0.1, -0.05) is 29.8 Å². The zero-order chi connectivity index (χ0) is 21.8. The van der Waals surface area contributed by atoms with Crippen LogP contribution in [0.5, 0.6) is 0 Å². The molecule has 0 radical (unpaired) electrons. The van der Waals surface area contributed by atoms with Crippen molar-refractivity contribution in [3.05, 3.63) is 93.7 Å². The van der Waals surface area contributed by atoms with E-state index >= 15 is 0 Å². The van der Waals surface area contributed by atoms with E-state index in [1.54, 1.807) is 0 Å². The highest BCUT2D eigenvalue weighted by Gasteiger charge is 2.25. The number of aryl methyl sites for hydroxylation is 2. The van der Waals surface area contributed by atoms with E-state index in [2.05, 4.69) is 36.3 Å². The number of benzene rings is 2. The minimum atomic E-state index is -0.394. The van der Waals surface area contributed by atoms with E-state index in [4.69, 9.17) is 0 Å². The number of rotatable bonds is 5. The van der Waals surface area contributed by atoms with Crippen molar-refractivity contribution < 1.29 is 9.18 Å². The van der Waals surface area contributed by atoms with E-state index in [0.29, 0.717) is 24.7 Å². The Bertz CT molecular complexity index is 1100. The maximum absolute atomic E-state index is 13.2. The van der Waals surface area contributed by atoms with Gasteiger partial charge in [-0.25, -0.2) is 4.39 Å². The maximum atomic E-state index is 13.2. The molecule has 3 aromatic rings. The molecule has 1 aliphatic heterocycles. The summed E-state index contributed by atoms with van der Waals surface area (Å²) in [5, 5.41) is 4.24. The smallest absolute Gasteiger partial charge is 0.274 e. The molecule has 0 N–H and O–H groups in total. The van der Waals surface area contributed by atoms with Crippen molar-refractivity contribution in [1.82, 2.24) is 14.7 Å². The number of nitrogens with zero attached hydrogens (tertiary/aromatic N) is 3. The molecule has 4 rings (SSSR count). The number of carbonyl (C=O) groups excluding carboxylic acids is 1. The van der Waals surface area contributed by atoms with Gasteiger partial charge in [-0.05, 0) is 74.4 Å². The SMILES string of the molecule is Cc1ccc(CCC2CCN(C(=O)c3ccc(=O)n(-c4ccc(F)cc4)n3)CC2)cc1. The molecule has 0 spiro atoms. The Balaban J connectivity index is 1.37. The van der Waals surface area contributed by atoms with E-state index in [0.717, 1.165) is 30.4 Å². The average molecular weight is 420 g/mol. The van der Waals surface area contributed by atoms with Crippen LogP contribution in [0.1, 0.15) is 40.9 Å². The molecule has 5 nitrogen and oxygen atoms in total. The minimum absolute atomic E-state index is 0.173. The highest BCUT2D eigenvalue weighted by atomic mass is 19.1. The third-order valence-electron chi connectivity index (χ3n) is 5.95. The molecular weight excluding hydrogens is 393 g/mol. The summed E-state index contributed by atoms with van der Waals surface area (Å²) in [6.07, 6.45) is 4.12. The van der Waals surface area contributed by atoms with Crippen LogP contribution in [0.4, 0.5) is 4.39 Å². The number of aromatic nitrogens is 2. The van der Waals surface area contributed by atoms with Crippen LogP contribution >= 0.6 is 0 Å². The fourth-order valence-electron chi connectivity index (χ4n) is 4.00. The van der Waals surface area contributed by atoms with E-state index < -0.39 is 5.82 Å². The van der Waals surface area contributed by atoms with Crippen LogP contribution in [-0.4, -0.2) is 33.7 Å². The number of amides is 1. The van der Waals surface area contributed by atoms with E-state index in [1.165, 1.54) is 47.5 Å². The Morgan fingerprint density at radius 2 is 1.68 bits per heavy atom. The van der Waals surface area contributed by atoms with Crippen molar-refractivity contribution in [3.8, 4) is 5.69 Å². The zero-order valence-corrected chi connectivity index (χ0v) is 17.6. The van der Waals surface area contributed by atoms with Gasteiger partial charge < -0.3 is 4.90 Å². The van der Waals surface area contributed by atoms with Gasteiger partial charge in [0.2, 0.25) is 0 Å². The van der Waals surface area contributed by atoms with Gasteiger partial charge in [0.15, 0.2) is 0 Å². The Morgan fingerprint density at radius 1 is 1.00 bits per heavy atom. The van der Waals surface area contributed by atoms with Gasteiger partial charge in [-0.15, -0.1) is 0 Å². The fraction of sp³-hybridized carbons (Fsp3) is 0.320. The summed E-state index contributed by atoms with van der Waals surface area (Å²) < 4.78 is 14.3. The van der Waals surface area contributed by atoms with Crippen LogP contribution in [0.3, 0.4) is 0 Å². The standard InChI is InChI=1S/C25H26FN3O2/c1-18-2-4-19(5-3-18)6-7-20-14-16-28(17-15-20)25(31)23-12-13-24(30)29(27-23)22-10-8-21(26)9-11-22/h2-5,8-13,20H,6-7,14-17H2,1H3. The van der Waals surface area contributed by atoms with Gasteiger partial charge in [-0.2, -0.15) is 9.78 Å². The molecule has 0 aliphatic carbocycles. The lowest BCUT2D eigenvalue weighted by molar-refractivity contribution is 0.0679. The molecule has 2 aromatic carbocycles. The van der Waals surface area contributed by atoms with Gasteiger partial charge in [-0.3, -0.25) is 9.59 Å². The first kappa shape index (κ1) is 21.0. The number of halogens is 1. The van der Waals surface area contributed by atoms with Crippen LogP contribution in [0.15, 0.2) is 65.5 Å². The Labute approximate surface area is 181 Å². The summed E-state index contributed by atoms with van der Waals surface area (Å²) in [6, 6.07) is 16.9. The van der Waals surface area contributed by atoms with Crippen molar-refractivity contribution in [2.45, 2.75) is 32.6 Å². The van der Waals surface area contributed by atoms with Crippen molar-refractivity contribution in [2.75, 3.05) is 13.1 Å². The number of hydrogen-bond donors (Lipinski definition) is 0. The summed E-state index contributed by atoms with van der Waals surface area (Å²) >= 11 is 0. The molecule has 0 saturated carbocycles. The monoisotopic (exact) mass is 419 g/mol. The molecule has 0 atom stereocenters. The lowest BCUT2D eigenvalue weighted by atomic mass is 9.90. The highest BCUT2D eigenvalue weighted by molar-refractivity contribution is 5.92. The van der Waals surface area contributed by atoms with Crippen LogP contribution in [0.2, 0.25) is 0 Å². The van der Waals surface area contributed by atoms with Gasteiger partial charge in [0.1, 0.15) is 11.5 Å². The Morgan fingerprint density at radius 3 is 2.35 bits per heavy atom. The predicted octanol–water partition coefficient (Wildman–Crippen LogP) is 4.17. The topological polar surface area (TPSA) is 55.2 Å². The first-order valence-corrected chi connectivity index (χ1v) is 10.7. The van der Waals surface area contributed by atoms with Crippen molar-refractivity contribution >= 4 is 5.91 Å². The molecule has 1 fully saturated rings. The lowest BCUT2D eigenvalue weighted by Gasteiger charge is -2.32. The molecule has 1 saturated heterocycles. The normalized spacial score (nSPS) is 14.6. The van der Waals surface area contributed by atoms with Gasteiger partial charge in [0, 0.05) is 19.2 Å². The summed E-state index contributed by atoms with van der Waals surface area (Å²) in [6.45, 7) is 3.47. The Kier molecular flexibility index (Phi) is 6.26. The first-order chi connectivity index (χ1) is 15.0. The molecular formula is C25H26FN3O2. The second kappa shape index (κ2) is 9.25. The fourth-order valence-corrected chi connectivity index (χ4v) is 4.00. The summed E-state index contributed by atoms with van der Waals surface area (Å²) in [4.78, 5) is 27.0. The average Bonchev–Trinajstić information content (AvgIpc) is 2.80. The zero-order valence-electron chi connectivity index (χ0n) is 17.6. The summed E-state index contributed by atoms with van der Waals surface area (Å²) in [7, 11) is 0. The molecule has 1 aromatic heterocycles. The molecule has 0 unspecified atom stereocenters. The Hall–Kier alpha value is -3.28. The maximum Gasteiger partial charge on any atom is 0.274 e. The first-order valence-electron chi connectivity index (χ1n) is 10.7. The van der Waals surface area contributed by atoms with Crippen molar-refractivity contribution in [1.29, 1.82) is 0 Å². The third kappa shape index (κ3) is 5.08. The molecule has 160 valence electrons. The van der Waals surface area contributed by atoms with E-state index in [-0.39, 0.29) is 17.2 Å². The minimum Gasteiger partial charge on any atom is -0.337 e. The third-order valence-corrected chi connectivity index (χ3v) is 5.95. The van der Waals surface area contributed by atoms with Crippen molar-refractivity contribution in [3.63, 3.8) is 0 Å². The summed E-state index contributed by atoms with van der Waals surface area (Å²) in [5.41, 5.74) is 2.92. The predicted molar refractivity (Wildman–Crippen MR) is 118 cm³/mol. The van der Waals surface area contributed by atoms with Crippen LogP contribution < -0.4 is 5.56 Å². The van der Waals surface area contributed by atoms with Gasteiger partial charge in [0.25, 0.3) is 11.5 Å². The van der Waals surface area contributed by atoms with Crippen LogP contribution in [0, 0.1) is 18.7 Å². The second-order valence-corrected chi connectivity index (χ2v) is 8.20. The van der Waals surface area contributed by atoms with Crippen LogP contribution in [0.25, 0.3) is 5.69 Å². The van der Waals surface area contributed by atoms with E-state index in [1.807, 2.05) is 4.90 Å². The molecule has 2 heterocycles. The number of hydrogen-bond acceptors (Lipinski definition) is 3. The highest BCUT2D eigenvalue weighted by Crippen LogP contribution is 2.23. The molecule has 31 heavy (non-hydrogen) atoms. The molecule has 1 aliphatic rings. The largest absolute Gasteiger partial charge is 0.337 e. The van der Waals surface area contributed by atoms with Gasteiger partial charge in [0.05, 0.1) is 5.69 Å². The second-order valence-electron chi connectivity index (χ2n) is 8.20. The molecule has 0 bridgehead atoms. The number of carbonyl (C=O) groups is 1. The lowest BCUT2D eigenvalue weighted by Crippen LogP contribution is -2.39. The molecule has 1 amide bonds. The molecule has 6 heteroatoms. The quantitative estimate of drug-likeness (QED) is 0.624.